The Bertz CT molecular complexity index is 895. The van der Waals surface area contributed by atoms with Crippen LogP contribution in [0, 0.1) is 0 Å². The van der Waals surface area contributed by atoms with Crippen molar-refractivity contribution in [3.05, 3.63) is 47.0 Å². The monoisotopic (exact) mass is 342 g/mol. The first-order valence-electron chi connectivity index (χ1n) is 8.02. The molecule has 0 fully saturated rings. The molecular weight excluding hydrogens is 320 g/mol. The van der Waals surface area contributed by atoms with Crippen LogP contribution in [0.4, 0.5) is 0 Å². The fourth-order valence-electron chi connectivity index (χ4n) is 2.43. The summed E-state index contributed by atoms with van der Waals surface area (Å²) in [4.78, 5) is 18.6. The number of fused-ring (bicyclic) bond motifs is 1. The molecular formula is C17H22N4O2Si. The maximum absolute atomic E-state index is 11.6. The Labute approximate surface area is 141 Å². The first kappa shape index (κ1) is 16.6. The lowest BCUT2D eigenvalue weighted by Crippen LogP contribution is -2.22. The van der Waals surface area contributed by atoms with Gasteiger partial charge in [0.1, 0.15) is 12.4 Å². The number of rotatable bonds is 6. The number of nitrogens with one attached hydrogen (secondary N) is 1. The van der Waals surface area contributed by atoms with Crippen LogP contribution in [0.15, 0.2) is 41.5 Å². The first-order chi connectivity index (χ1) is 11.4. The molecule has 6 nitrogen and oxygen atoms in total. The number of hydrogen-bond acceptors (Lipinski definition) is 4. The van der Waals surface area contributed by atoms with Crippen LogP contribution < -0.4 is 5.56 Å². The number of nitrogens with zero attached hydrogens (tertiary/aromatic N) is 3. The van der Waals surface area contributed by atoms with Crippen molar-refractivity contribution in [2.75, 3.05) is 6.61 Å². The molecule has 0 unspecified atom stereocenters. The zero-order chi connectivity index (χ0) is 17.2. The van der Waals surface area contributed by atoms with E-state index in [1.807, 2.05) is 18.2 Å². The average Bonchev–Trinajstić information content (AvgIpc) is 2.90. The van der Waals surface area contributed by atoms with Gasteiger partial charge in [0.05, 0.1) is 0 Å². The number of hydrogen-bond donors (Lipinski definition) is 1. The summed E-state index contributed by atoms with van der Waals surface area (Å²) in [7, 11) is -1.11. The molecule has 0 saturated carbocycles. The molecule has 0 aromatic carbocycles. The third kappa shape index (κ3) is 3.80. The van der Waals surface area contributed by atoms with Crippen molar-refractivity contribution in [3.8, 4) is 11.3 Å². The van der Waals surface area contributed by atoms with Crippen LogP contribution in [0.1, 0.15) is 0 Å². The fraction of sp³-hybridized carbons (Fsp3) is 0.353. The second-order valence-electron chi connectivity index (χ2n) is 7.01. The molecule has 7 heteroatoms. The summed E-state index contributed by atoms with van der Waals surface area (Å²) in [6.45, 7) is 8.07. The third-order valence-corrected chi connectivity index (χ3v) is 5.47. The Balaban J connectivity index is 1.88. The number of aromatic nitrogens is 4. The van der Waals surface area contributed by atoms with Gasteiger partial charge < -0.3 is 9.72 Å². The molecule has 0 saturated heterocycles. The number of pyridine rings is 2. The Morgan fingerprint density at radius 3 is 2.88 bits per heavy atom. The normalized spacial score (nSPS) is 12.0. The maximum Gasteiger partial charge on any atom is 0.248 e. The lowest BCUT2D eigenvalue weighted by molar-refractivity contribution is 0.0814. The lowest BCUT2D eigenvalue weighted by Gasteiger charge is -2.15. The highest BCUT2D eigenvalue weighted by Gasteiger charge is 2.15. The quantitative estimate of drug-likeness (QED) is 0.552. The second-order valence-corrected chi connectivity index (χ2v) is 12.6. The highest BCUT2D eigenvalue weighted by Crippen LogP contribution is 2.25. The summed E-state index contributed by atoms with van der Waals surface area (Å²) < 4.78 is 7.56. The minimum Gasteiger partial charge on any atom is -0.359 e. The summed E-state index contributed by atoms with van der Waals surface area (Å²) in [5.74, 6) is 0. The molecule has 126 valence electrons. The molecule has 0 aliphatic heterocycles. The van der Waals surface area contributed by atoms with Gasteiger partial charge in [0, 0.05) is 44.1 Å². The Morgan fingerprint density at radius 2 is 2.12 bits per heavy atom. The van der Waals surface area contributed by atoms with Gasteiger partial charge in [-0.3, -0.25) is 4.79 Å². The zero-order valence-electron chi connectivity index (χ0n) is 14.2. The van der Waals surface area contributed by atoms with E-state index in [-0.39, 0.29) is 5.56 Å². The molecule has 0 aliphatic rings. The van der Waals surface area contributed by atoms with Gasteiger partial charge in [-0.05, 0) is 24.2 Å². The van der Waals surface area contributed by atoms with Crippen LogP contribution in [0.3, 0.4) is 0 Å². The summed E-state index contributed by atoms with van der Waals surface area (Å²) in [5.41, 5.74) is 2.14. The van der Waals surface area contributed by atoms with Crippen molar-refractivity contribution in [1.29, 1.82) is 0 Å². The largest absolute Gasteiger partial charge is 0.359 e. The molecule has 3 aromatic rings. The summed E-state index contributed by atoms with van der Waals surface area (Å²) in [6, 6.07) is 8.33. The van der Waals surface area contributed by atoms with Crippen molar-refractivity contribution in [1.82, 2.24) is 19.7 Å². The SMILES string of the molecule is C[Si](C)(C)CCOCn1nc(-c2cc[nH]c(=O)c2)c2cccnc21. The van der Waals surface area contributed by atoms with Crippen molar-refractivity contribution in [2.45, 2.75) is 32.4 Å². The molecule has 0 bridgehead atoms. The van der Waals surface area contributed by atoms with E-state index in [0.29, 0.717) is 6.73 Å². The molecule has 3 heterocycles. The van der Waals surface area contributed by atoms with E-state index >= 15 is 0 Å². The van der Waals surface area contributed by atoms with Crippen LogP contribution >= 0.6 is 0 Å². The molecule has 3 aromatic heterocycles. The second kappa shape index (κ2) is 6.70. The van der Waals surface area contributed by atoms with Crippen molar-refractivity contribution >= 4 is 19.1 Å². The Hall–Kier alpha value is -2.25. The number of H-pyrrole nitrogens is 1. The van der Waals surface area contributed by atoms with Crippen molar-refractivity contribution < 1.29 is 4.74 Å². The van der Waals surface area contributed by atoms with Gasteiger partial charge in [0.2, 0.25) is 5.56 Å². The predicted molar refractivity (Wildman–Crippen MR) is 97.7 cm³/mol. The molecule has 24 heavy (non-hydrogen) atoms. The van der Waals surface area contributed by atoms with Crippen LogP contribution in [-0.4, -0.2) is 34.4 Å². The van der Waals surface area contributed by atoms with Crippen LogP contribution in [0.25, 0.3) is 22.3 Å². The van der Waals surface area contributed by atoms with E-state index in [1.54, 1.807) is 23.1 Å². The summed E-state index contributed by atoms with van der Waals surface area (Å²) in [5, 5.41) is 5.54. The standard InChI is InChI=1S/C17H22N4O2Si/c1-24(2,3)10-9-23-12-21-17-14(5-4-7-19-17)16(20-21)13-6-8-18-15(22)11-13/h4-8,11H,9-10,12H2,1-3H3,(H,18,22). The van der Waals surface area contributed by atoms with E-state index in [1.165, 1.54) is 0 Å². The van der Waals surface area contributed by atoms with Gasteiger partial charge in [0.15, 0.2) is 5.65 Å². The Kier molecular flexibility index (Phi) is 4.63. The van der Waals surface area contributed by atoms with Gasteiger partial charge in [-0.2, -0.15) is 5.10 Å². The van der Waals surface area contributed by atoms with E-state index in [4.69, 9.17) is 4.74 Å². The van der Waals surface area contributed by atoms with Gasteiger partial charge in [0.25, 0.3) is 0 Å². The fourth-order valence-corrected chi connectivity index (χ4v) is 3.19. The predicted octanol–water partition coefficient (Wildman–Crippen LogP) is 3.10. The minimum absolute atomic E-state index is 0.148. The molecule has 0 aliphatic carbocycles. The van der Waals surface area contributed by atoms with Crippen molar-refractivity contribution in [2.24, 2.45) is 0 Å². The van der Waals surface area contributed by atoms with Crippen LogP contribution in [0.2, 0.25) is 25.7 Å². The molecule has 0 atom stereocenters. The number of aromatic amines is 1. The van der Waals surface area contributed by atoms with E-state index in [9.17, 15) is 4.79 Å². The zero-order valence-corrected chi connectivity index (χ0v) is 15.2. The topological polar surface area (TPSA) is 72.8 Å². The van der Waals surface area contributed by atoms with E-state index in [0.717, 1.165) is 34.9 Å². The molecule has 0 amide bonds. The first-order valence-corrected chi connectivity index (χ1v) is 11.7. The van der Waals surface area contributed by atoms with Crippen LogP contribution in [0.5, 0.6) is 0 Å². The van der Waals surface area contributed by atoms with E-state index < -0.39 is 8.07 Å². The highest BCUT2D eigenvalue weighted by atomic mass is 28.3. The van der Waals surface area contributed by atoms with Gasteiger partial charge >= 0.3 is 0 Å². The molecule has 0 spiro atoms. The smallest absolute Gasteiger partial charge is 0.248 e. The maximum atomic E-state index is 11.6. The summed E-state index contributed by atoms with van der Waals surface area (Å²) in [6.07, 6.45) is 3.37. The summed E-state index contributed by atoms with van der Waals surface area (Å²) >= 11 is 0. The number of ether oxygens (including phenoxy) is 1. The lowest BCUT2D eigenvalue weighted by atomic mass is 10.1. The third-order valence-electron chi connectivity index (χ3n) is 3.77. The average molecular weight is 342 g/mol. The molecule has 3 rings (SSSR count). The highest BCUT2D eigenvalue weighted by molar-refractivity contribution is 6.76. The van der Waals surface area contributed by atoms with Gasteiger partial charge in [-0.25, -0.2) is 9.67 Å². The minimum atomic E-state index is -1.11. The van der Waals surface area contributed by atoms with Crippen LogP contribution in [-0.2, 0) is 11.5 Å². The molecule has 1 N–H and O–H groups in total. The van der Waals surface area contributed by atoms with E-state index in [2.05, 4.69) is 34.7 Å². The van der Waals surface area contributed by atoms with Gasteiger partial charge in [-0.1, -0.05) is 19.6 Å². The molecule has 0 radical (unpaired) electrons. The Morgan fingerprint density at radius 1 is 1.29 bits per heavy atom. The van der Waals surface area contributed by atoms with Gasteiger partial charge in [-0.15, -0.1) is 0 Å². The van der Waals surface area contributed by atoms with Crippen molar-refractivity contribution in [3.63, 3.8) is 0 Å².